The van der Waals surface area contributed by atoms with Gasteiger partial charge in [0.15, 0.2) is 0 Å². The minimum absolute atomic E-state index is 0.127. The molecule has 0 bridgehead atoms. The number of urea groups is 1. The van der Waals surface area contributed by atoms with Crippen LogP contribution in [0.3, 0.4) is 0 Å². The standard InChI is InChI=1S/C21H28N2O2S/c1-6-16(3)26-19-10-11-20(15(2)12-19)22-21(24)23(4)14-17-8-7-9-18(13-17)25-5/h7-13,16H,6,14H2,1-5H3,(H,22,24). The molecule has 0 spiro atoms. The molecular formula is C21H28N2O2S. The van der Waals surface area contributed by atoms with Gasteiger partial charge in [0.1, 0.15) is 5.75 Å². The molecule has 0 aromatic heterocycles. The minimum Gasteiger partial charge on any atom is -0.497 e. The molecule has 0 saturated carbocycles. The summed E-state index contributed by atoms with van der Waals surface area (Å²) in [6, 6.07) is 13.8. The van der Waals surface area contributed by atoms with Crippen LogP contribution in [-0.2, 0) is 6.54 Å². The smallest absolute Gasteiger partial charge is 0.321 e. The summed E-state index contributed by atoms with van der Waals surface area (Å²) in [6.07, 6.45) is 1.14. The zero-order valence-corrected chi connectivity index (χ0v) is 17.0. The van der Waals surface area contributed by atoms with E-state index in [4.69, 9.17) is 4.74 Å². The number of rotatable bonds is 7. The Morgan fingerprint density at radius 3 is 2.69 bits per heavy atom. The van der Waals surface area contributed by atoms with E-state index >= 15 is 0 Å². The number of anilines is 1. The van der Waals surface area contributed by atoms with Crippen LogP contribution < -0.4 is 10.1 Å². The molecule has 0 saturated heterocycles. The fourth-order valence-electron chi connectivity index (χ4n) is 2.49. The summed E-state index contributed by atoms with van der Waals surface area (Å²) in [5.41, 5.74) is 2.95. The lowest BCUT2D eigenvalue weighted by Gasteiger charge is -2.19. The van der Waals surface area contributed by atoms with Crippen LogP contribution in [0.2, 0.25) is 0 Å². The largest absolute Gasteiger partial charge is 0.497 e. The van der Waals surface area contributed by atoms with Crippen LogP contribution in [0, 0.1) is 6.92 Å². The highest BCUT2D eigenvalue weighted by Gasteiger charge is 2.12. The molecule has 0 fully saturated rings. The molecular weight excluding hydrogens is 344 g/mol. The van der Waals surface area contributed by atoms with Crippen molar-refractivity contribution in [3.63, 3.8) is 0 Å². The quantitative estimate of drug-likeness (QED) is 0.647. The molecule has 26 heavy (non-hydrogen) atoms. The maximum Gasteiger partial charge on any atom is 0.321 e. The fraction of sp³-hybridized carbons (Fsp3) is 0.381. The van der Waals surface area contributed by atoms with Crippen molar-refractivity contribution in [1.29, 1.82) is 0 Å². The summed E-state index contributed by atoms with van der Waals surface area (Å²) in [5.74, 6) is 0.793. The number of ether oxygens (including phenoxy) is 1. The molecule has 0 aliphatic carbocycles. The second kappa shape index (κ2) is 9.53. The fourth-order valence-corrected chi connectivity index (χ4v) is 3.52. The van der Waals surface area contributed by atoms with Gasteiger partial charge in [0.2, 0.25) is 0 Å². The Morgan fingerprint density at radius 1 is 1.27 bits per heavy atom. The van der Waals surface area contributed by atoms with Crippen molar-refractivity contribution >= 4 is 23.5 Å². The van der Waals surface area contributed by atoms with E-state index in [0.717, 1.165) is 29.0 Å². The predicted molar refractivity (Wildman–Crippen MR) is 110 cm³/mol. The molecule has 0 aliphatic heterocycles. The highest BCUT2D eigenvalue weighted by Crippen LogP contribution is 2.28. The van der Waals surface area contributed by atoms with Crippen LogP contribution in [-0.4, -0.2) is 30.3 Å². The Labute approximate surface area is 160 Å². The number of amides is 2. The minimum atomic E-state index is -0.127. The Balaban J connectivity index is 1.99. The number of hydrogen-bond donors (Lipinski definition) is 1. The van der Waals surface area contributed by atoms with Gasteiger partial charge >= 0.3 is 6.03 Å². The average molecular weight is 373 g/mol. The van der Waals surface area contributed by atoms with Gasteiger partial charge in [-0.2, -0.15) is 0 Å². The van der Waals surface area contributed by atoms with E-state index in [9.17, 15) is 4.79 Å². The number of thioether (sulfide) groups is 1. The van der Waals surface area contributed by atoms with Crippen LogP contribution in [0.15, 0.2) is 47.4 Å². The van der Waals surface area contributed by atoms with E-state index in [2.05, 4.69) is 31.3 Å². The summed E-state index contributed by atoms with van der Waals surface area (Å²) in [5, 5.41) is 3.59. The predicted octanol–water partition coefficient (Wildman–Crippen LogP) is 5.56. The summed E-state index contributed by atoms with van der Waals surface area (Å²) >= 11 is 1.86. The molecule has 2 aromatic rings. The molecule has 1 unspecified atom stereocenters. The van der Waals surface area contributed by atoms with E-state index in [0.29, 0.717) is 11.8 Å². The Kier molecular flexibility index (Phi) is 7.39. The maximum atomic E-state index is 12.5. The Morgan fingerprint density at radius 2 is 2.04 bits per heavy atom. The molecule has 5 heteroatoms. The Bertz CT molecular complexity index is 749. The monoisotopic (exact) mass is 372 g/mol. The first kappa shape index (κ1) is 20.2. The van der Waals surface area contributed by atoms with Crippen LogP contribution in [0.5, 0.6) is 5.75 Å². The number of nitrogens with one attached hydrogen (secondary N) is 1. The molecule has 2 rings (SSSR count). The average Bonchev–Trinajstić information content (AvgIpc) is 2.63. The van der Waals surface area contributed by atoms with Crippen molar-refractivity contribution in [3.05, 3.63) is 53.6 Å². The van der Waals surface area contributed by atoms with Crippen molar-refractivity contribution in [2.45, 2.75) is 43.9 Å². The van der Waals surface area contributed by atoms with E-state index in [1.54, 1.807) is 19.1 Å². The molecule has 1 N–H and O–H groups in total. The SMILES string of the molecule is CCC(C)Sc1ccc(NC(=O)N(C)Cc2cccc(OC)c2)c(C)c1. The van der Waals surface area contributed by atoms with Crippen LogP contribution >= 0.6 is 11.8 Å². The number of hydrogen-bond acceptors (Lipinski definition) is 3. The lowest BCUT2D eigenvalue weighted by molar-refractivity contribution is 0.220. The van der Waals surface area contributed by atoms with E-state index in [-0.39, 0.29) is 6.03 Å². The van der Waals surface area contributed by atoms with Crippen LogP contribution in [0.25, 0.3) is 0 Å². The van der Waals surface area contributed by atoms with Gasteiger partial charge in [-0.25, -0.2) is 4.79 Å². The summed E-state index contributed by atoms with van der Waals surface area (Å²) in [4.78, 5) is 15.4. The second-order valence-electron chi connectivity index (χ2n) is 6.45. The van der Waals surface area contributed by atoms with E-state index in [1.807, 2.05) is 49.0 Å². The van der Waals surface area contributed by atoms with Gasteiger partial charge in [-0.15, -0.1) is 11.8 Å². The lowest BCUT2D eigenvalue weighted by Crippen LogP contribution is -2.31. The first-order chi connectivity index (χ1) is 12.4. The van der Waals surface area contributed by atoms with Gasteiger partial charge < -0.3 is 15.0 Å². The van der Waals surface area contributed by atoms with Crippen molar-refractivity contribution in [1.82, 2.24) is 4.90 Å². The first-order valence-corrected chi connectivity index (χ1v) is 9.73. The van der Waals surface area contributed by atoms with Crippen molar-refractivity contribution in [3.8, 4) is 5.75 Å². The normalized spacial score (nSPS) is 11.7. The van der Waals surface area contributed by atoms with Crippen LogP contribution in [0.4, 0.5) is 10.5 Å². The molecule has 2 aromatic carbocycles. The highest BCUT2D eigenvalue weighted by molar-refractivity contribution is 7.99. The summed E-state index contributed by atoms with van der Waals surface area (Å²) in [6.45, 7) is 6.96. The summed E-state index contributed by atoms with van der Waals surface area (Å²) < 4.78 is 5.23. The maximum absolute atomic E-state index is 12.5. The van der Waals surface area contributed by atoms with Gasteiger partial charge in [-0.05, 0) is 54.8 Å². The zero-order chi connectivity index (χ0) is 19.1. The van der Waals surface area contributed by atoms with Crippen molar-refractivity contribution < 1.29 is 9.53 Å². The van der Waals surface area contributed by atoms with Gasteiger partial charge in [0.25, 0.3) is 0 Å². The molecule has 0 heterocycles. The number of carbonyl (C=O) groups is 1. The molecule has 1 atom stereocenters. The van der Waals surface area contributed by atoms with E-state index in [1.165, 1.54) is 4.90 Å². The number of methoxy groups -OCH3 is 1. The number of nitrogens with zero attached hydrogens (tertiary/aromatic N) is 1. The third-order valence-electron chi connectivity index (χ3n) is 4.25. The first-order valence-electron chi connectivity index (χ1n) is 8.85. The van der Waals surface area contributed by atoms with Gasteiger partial charge in [0, 0.05) is 29.4 Å². The highest BCUT2D eigenvalue weighted by atomic mass is 32.2. The number of aryl methyl sites for hydroxylation is 1. The van der Waals surface area contributed by atoms with Gasteiger partial charge in [0.05, 0.1) is 7.11 Å². The number of carbonyl (C=O) groups excluding carboxylic acids is 1. The van der Waals surface area contributed by atoms with Crippen molar-refractivity contribution in [2.24, 2.45) is 0 Å². The van der Waals surface area contributed by atoms with E-state index < -0.39 is 0 Å². The zero-order valence-electron chi connectivity index (χ0n) is 16.2. The topological polar surface area (TPSA) is 41.6 Å². The molecule has 0 aliphatic rings. The third-order valence-corrected chi connectivity index (χ3v) is 5.51. The molecule has 140 valence electrons. The van der Waals surface area contributed by atoms with Gasteiger partial charge in [-0.1, -0.05) is 26.0 Å². The summed E-state index contributed by atoms with van der Waals surface area (Å²) in [7, 11) is 3.43. The van der Waals surface area contributed by atoms with Crippen molar-refractivity contribution in [2.75, 3.05) is 19.5 Å². The molecule has 4 nitrogen and oxygen atoms in total. The Hall–Kier alpha value is -2.14. The van der Waals surface area contributed by atoms with Crippen LogP contribution in [0.1, 0.15) is 31.4 Å². The number of benzene rings is 2. The molecule has 2 amide bonds. The molecule has 0 radical (unpaired) electrons. The lowest BCUT2D eigenvalue weighted by atomic mass is 10.2. The van der Waals surface area contributed by atoms with Gasteiger partial charge in [-0.3, -0.25) is 0 Å². The third kappa shape index (κ3) is 5.70. The second-order valence-corrected chi connectivity index (χ2v) is 7.96.